The molecule has 152 valence electrons. The number of halogens is 1. The fourth-order valence-corrected chi connectivity index (χ4v) is 5.39. The van der Waals surface area contributed by atoms with Gasteiger partial charge in [-0.25, -0.2) is 13.2 Å². The Balaban J connectivity index is 1.84. The third-order valence-corrected chi connectivity index (χ3v) is 7.16. The van der Waals surface area contributed by atoms with Gasteiger partial charge in [-0.05, 0) is 66.3 Å². The zero-order chi connectivity index (χ0) is 21.5. The Morgan fingerprint density at radius 3 is 2.50 bits per heavy atom. The minimum atomic E-state index is -3.89. The molecule has 0 bridgehead atoms. The summed E-state index contributed by atoms with van der Waals surface area (Å²) >= 11 is 6.19. The third kappa shape index (κ3) is 3.84. The Hall–Kier alpha value is -3.08. The van der Waals surface area contributed by atoms with E-state index in [2.05, 4.69) is 0 Å². The predicted molar refractivity (Wildman–Crippen MR) is 112 cm³/mol. The number of carboxylic acid groups (broad SMARTS) is 1. The van der Waals surface area contributed by atoms with E-state index in [4.69, 9.17) is 11.6 Å². The second-order valence-corrected chi connectivity index (χ2v) is 9.62. The van der Waals surface area contributed by atoms with Crippen LogP contribution in [0.15, 0.2) is 59.8 Å². The van der Waals surface area contributed by atoms with E-state index in [0.717, 1.165) is 12.8 Å². The summed E-state index contributed by atoms with van der Waals surface area (Å²) in [6, 6.07) is 12.9. The van der Waals surface area contributed by atoms with Crippen LogP contribution < -0.4 is 0 Å². The summed E-state index contributed by atoms with van der Waals surface area (Å²) in [5.74, 6) is -1.43. The summed E-state index contributed by atoms with van der Waals surface area (Å²) < 4.78 is 28.6. The summed E-state index contributed by atoms with van der Waals surface area (Å²) in [4.78, 5) is 11.5. The van der Waals surface area contributed by atoms with Crippen LogP contribution in [0, 0.1) is 11.3 Å². The number of carbonyl (C=O) groups is 1. The van der Waals surface area contributed by atoms with Crippen molar-refractivity contribution in [1.29, 1.82) is 5.26 Å². The van der Waals surface area contributed by atoms with Crippen LogP contribution in [0.25, 0.3) is 5.69 Å². The monoisotopic (exact) mass is 440 g/mol. The Morgan fingerprint density at radius 1 is 1.20 bits per heavy atom. The summed E-state index contributed by atoms with van der Waals surface area (Å²) in [6.07, 6.45) is 5.27. The minimum Gasteiger partial charge on any atom is -0.478 e. The lowest BCUT2D eigenvalue weighted by molar-refractivity contribution is 0.0696. The van der Waals surface area contributed by atoms with Gasteiger partial charge >= 0.3 is 5.97 Å². The van der Waals surface area contributed by atoms with Gasteiger partial charge in [0, 0.05) is 12.4 Å². The van der Waals surface area contributed by atoms with Crippen molar-refractivity contribution in [1.82, 2.24) is 4.57 Å². The van der Waals surface area contributed by atoms with Gasteiger partial charge in [-0.3, -0.25) is 0 Å². The zero-order valence-electron chi connectivity index (χ0n) is 15.7. The lowest BCUT2D eigenvalue weighted by atomic mass is 10.1. The second-order valence-electron chi connectivity index (χ2n) is 7.25. The molecule has 0 spiro atoms. The van der Waals surface area contributed by atoms with Crippen LogP contribution in [-0.4, -0.2) is 24.1 Å². The topological polar surface area (TPSA) is 100 Å². The van der Waals surface area contributed by atoms with Gasteiger partial charge in [0.05, 0.1) is 32.5 Å². The maximum Gasteiger partial charge on any atom is 0.335 e. The molecular weight excluding hydrogens is 424 g/mol. The van der Waals surface area contributed by atoms with Gasteiger partial charge in [-0.2, -0.15) is 5.26 Å². The SMILES string of the molecule is N#Cc1cc(CS(=O)(=O)c2cc(C(=O)O)ccc2C2CC2)c(-n2cccc2)cc1Cl. The molecule has 0 amide bonds. The Labute approximate surface area is 178 Å². The maximum absolute atomic E-state index is 13.4. The average Bonchev–Trinajstić information content (AvgIpc) is 3.42. The highest BCUT2D eigenvalue weighted by Gasteiger charge is 2.32. The molecule has 0 radical (unpaired) electrons. The van der Waals surface area contributed by atoms with Gasteiger partial charge in [0.15, 0.2) is 9.84 Å². The normalized spacial score (nSPS) is 13.7. The number of nitrogens with zero attached hydrogens (tertiary/aromatic N) is 2. The molecule has 1 aromatic heterocycles. The number of hydrogen-bond donors (Lipinski definition) is 1. The van der Waals surface area contributed by atoms with Crippen LogP contribution >= 0.6 is 11.6 Å². The molecule has 2 aromatic carbocycles. The number of rotatable bonds is 6. The average molecular weight is 441 g/mol. The molecule has 1 fully saturated rings. The summed E-state index contributed by atoms with van der Waals surface area (Å²) in [6.45, 7) is 0. The van der Waals surface area contributed by atoms with Gasteiger partial charge in [-0.15, -0.1) is 0 Å². The highest BCUT2D eigenvalue weighted by molar-refractivity contribution is 7.90. The van der Waals surface area contributed by atoms with Crippen LogP contribution in [0.1, 0.15) is 45.8 Å². The molecule has 6 nitrogen and oxygen atoms in total. The van der Waals surface area contributed by atoms with Crippen molar-refractivity contribution in [2.75, 3.05) is 0 Å². The molecule has 1 heterocycles. The second kappa shape index (κ2) is 7.63. The Kier molecular flexibility index (Phi) is 5.14. The Bertz CT molecular complexity index is 1290. The fraction of sp³-hybridized carbons (Fsp3) is 0.182. The van der Waals surface area contributed by atoms with Gasteiger partial charge < -0.3 is 9.67 Å². The van der Waals surface area contributed by atoms with Crippen molar-refractivity contribution >= 4 is 27.4 Å². The number of aromatic carboxylic acids is 1. The first-order chi connectivity index (χ1) is 14.3. The lowest BCUT2D eigenvalue weighted by Crippen LogP contribution is -2.12. The fourth-order valence-electron chi connectivity index (χ4n) is 3.50. The molecule has 0 atom stereocenters. The van der Waals surface area contributed by atoms with E-state index in [1.54, 1.807) is 41.2 Å². The standard InChI is InChI=1S/C22H17ClN2O4S/c23-19-11-20(25-7-1-2-8-25)17(9-16(19)12-24)13-30(28,29)21-10-15(22(26)27)5-6-18(21)14-3-4-14/h1-2,5-11,14H,3-4,13H2,(H,26,27). The van der Waals surface area contributed by atoms with Gasteiger partial charge in [0.2, 0.25) is 0 Å². The van der Waals surface area contributed by atoms with Crippen LogP contribution in [0.5, 0.6) is 0 Å². The molecule has 0 aliphatic heterocycles. The number of hydrogen-bond acceptors (Lipinski definition) is 4. The van der Waals surface area contributed by atoms with Crippen molar-refractivity contribution in [3.05, 3.63) is 82.1 Å². The minimum absolute atomic E-state index is 0.0387. The molecule has 0 saturated heterocycles. The first kappa shape index (κ1) is 20.2. The van der Waals surface area contributed by atoms with Crippen molar-refractivity contribution < 1.29 is 18.3 Å². The number of nitriles is 1. The maximum atomic E-state index is 13.4. The van der Waals surface area contributed by atoms with Crippen LogP contribution in [0.2, 0.25) is 5.02 Å². The van der Waals surface area contributed by atoms with Gasteiger partial charge in [0.25, 0.3) is 0 Å². The van der Waals surface area contributed by atoms with Crippen LogP contribution in [0.3, 0.4) is 0 Å². The van der Waals surface area contributed by atoms with E-state index in [-0.39, 0.29) is 32.7 Å². The quantitative estimate of drug-likeness (QED) is 0.605. The summed E-state index contributed by atoms with van der Waals surface area (Å²) in [5, 5.41) is 18.9. The summed E-state index contributed by atoms with van der Waals surface area (Å²) in [7, 11) is -3.89. The third-order valence-electron chi connectivity index (χ3n) is 5.13. The molecule has 1 aliphatic rings. The smallest absolute Gasteiger partial charge is 0.335 e. The van der Waals surface area contributed by atoms with E-state index in [1.807, 2.05) is 6.07 Å². The van der Waals surface area contributed by atoms with Crippen molar-refractivity contribution in [3.8, 4) is 11.8 Å². The molecule has 4 rings (SSSR count). The number of benzene rings is 2. The molecule has 30 heavy (non-hydrogen) atoms. The number of carboxylic acids is 1. The molecule has 8 heteroatoms. The van der Waals surface area contributed by atoms with Crippen molar-refractivity contribution in [2.24, 2.45) is 0 Å². The number of aromatic nitrogens is 1. The van der Waals surface area contributed by atoms with Crippen LogP contribution in [-0.2, 0) is 15.6 Å². The van der Waals surface area contributed by atoms with Gasteiger partial charge in [0.1, 0.15) is 6.07 Å². The Morgan fingerprint density at radius 2 is 1.90 bits per heavy atom. The molecule has 1 saturated carbocycles. The van der Waals surface area contributed by atoms with Crippen molar-refractivity contribution in [3.63, 3.8) is 0 Å². The molecule has 0 unspecified atom stereocenters. The molecule has 1 N–H and O–H groups in total. The molecule has 3 aromatic rings. The van der Waals surface area contributed by atoms with Crippen molar-refractivity contribution in [2.45, 2.75) is 29.4 Å². The largest absolute Gasteiger partial charge is 0.478 e. The highest BCUT2D eigenvalue weighted by Crippen LogP contribution is 2.43. The van der Waals surface area contributed by atoms with Gasteiger partial charge in [-0.1, -0.05) is 17.7 Å². The molecule has 1 aliphatic carbocycles. The van der Waals surface area contributed by atoms with E-state index in [9.17, 15) is 23.6 Å². The summed E-state index contributed by atoms with van der Waals surface area (Å²) in [5.41, 5.74) is 1.72. The first-order valence-electron chi connectivity index (χ1n) is 9.26. The molecular formula is C22H17ClN2O4S. The van der Waals surface area contributed by atoms with Crippen LogP contribution in [0.4, 0.5) is 0 Å². The lowest BCUT2D eigenvalue weighted by Gasteiger charge is -2.15. The zero-order valence-corrected chi connectivity index (χ0v) is 17.3. The first-order valence-corrected chi connectivity index (χ1v) is 11.3. The highest BCUT2D eigenvalue weighted by atomic mass is 35.5. The van der Waals surface area contributed by atoms with E-state index in [0.29, 0.717) is 16.8 Å². The van der Waals surface area contributed by atoms with E-state index >= 15 is 0 Å². The number of sulfone groups is 1. The predicted octanol–water partition coefficient (Wildman–Crippen LogP) is 4.55. The van der Waals surface area contributed by atoms with E-state index < -0.39 is 15.8 Å². The van der Waals surface area contributed by atoms with E-state index in [1.165, 1.54) is 18.2 Å².